The maximum atomic E-state index is 3.51. The summed E-state index contributed by atoms with van der Waals surface area (Å²) < 4.78 is 0. The van der Waals surface area contributed by atoms with Crippen molar-refractivity contribution in [3.8, 4) is 0 Å². The van der Waals surface area contributed by atoms with Crippen molar-refractivity contribution in [1.29, 1.82) is 0 Å². The molecule has 1 nitrogen and oxygen atoms in total. The third-order valence-corrected chi connectivity index (χ3v) is 2.97. The molecule has 1 aromatic carbocycles. The molecular weight excluding hydrogens is 182 g/mol. The van der Waals surface area contributed by atoms with Crippen molar-refractivity contribution < 1.29 is 0 Å². The highest BCUT2D eigenvalue weighted by Crippen LogP contribution is 2.24. The van der Waals surface area contributed by atoms with Crippen molar-refractivity contribution in [2.24, 2.45) is 0 Å². The maximum Gasteiger partial charge on any atom is 0.0342 e. The fourth-order valence-electron chi connectivity index (χ4n) is 1.81. The first-order valence-corrected chi connectivity index (χ1v) is 6.24. The van der Waals surface area contributed by atoms with Gasteiger partial charge in [0.1, 0.15) is 0 Å². The molecular formula is C14H21N. The Kier molecular flexibility index (Phi) is 3.65. The van der Waals surface area contributed by atoms with Crippen molar-refractivity contribution in [2.45, 2.75) is 51.5 Å². The van der Waals surface area contributed by atoms with Crippen LogP contribution < -0.4 is 5.32 Å². The van der Waals surface area contributed by atoms with E-state index in [2.05, 4.69) is 36.5 Å². The predicted molar refractivity (Wildman–Crippen MR) is 66.3 cm³/mol. The number of aryl methyl sites for hydroxylation is 1. The normalized spacial score (nSPS) is 15.3. The van der Waals surface area contributed by atoms with Crippen LogP contribution in [-0.4, -0.2) is 6.04 Å². The molecule has 1 aliphatic rings. The second-order valence-electron chi connectivity index (χ2n) is 4.57. The second-order valence-corrected chi connectivity index (χ2v) is 4.57. The minimum Gasteiger partial charge on any atom is -0.382 e. The Morgan fingerprint density at radius 3 is 2.47 bits per heavy atom. The largest absolute Gasteiger partial charge is 0.382 e. The van der Waals surface area contributed by atoms with E-state index in [4.69, 9.17) is 0 Å². The molecule has 0 saturated heterocycles. The molecule has 0 aliphatic heterocycles. The molecule has 1 fully saturated rings. The van der Waals surface area contributed by atoms with Gasteiger partial charge in [-0.05, 0) is 43.4 Å². The van der Waals surface area contributed by atoms with Gasteiger partial charge in [0, 0.05) is 11.7 Å². The zero-order valence-electron chi connectivity index (χ0n) is 9.63. The average Bonchev–Trinajstić information content (AvgIpc) is 3.05. The highest BCUT2D eigenvalue weighted by molar-refractivity contribution is 5.46. The predicted octanol–water partition coefficient (Wildman–Crippen LogP) is 3.99. The Morgan fingerprint density at radius 1 is 1.13 bits per heavy atom. The van der Waals surface area contributed by atoms with Crippen LogP contribution in [0.2, 0.25) is 0 Å². The summed E-state index contributed by atoms with van der Waals surface area (Å²) in [5.41, 5.74) is 2.77. The van der Waals surface area contributed by atoms with Crippen LogP contribution in [0.15, 0.2) is 24.3 Å². The van der Waals surface area contributed by atoms with Crippen molar-refractivity contribution in [3.63, 3.8) is 0 Å². The van der Waals surface area contributed by atoms with E-state index in [1.54, 1.807) is 0 Å². The maximum absolute atomic E-state index is 3.51. The van der Waals surface area contributed by atoms with Gasteiger partial charge in [0.25, 0.3) is 0 Å². The molecule has 0 radical (unpaired) electrons. The fraction of sp³-hybridized carbons (Fsp3) is 0.571. The molecule has 0 heterocycles. The molecule has 1 N–H and O–H groups in total. The first-order chi connectivity index (χ1) is 7.38. The molecule has 82 valence electrons. The summed E-state index contributed by atoms with van der Waals surface area (Å²) in [4.78, 5) is 0. The molecule has 1 saturated carbocycles. The molecule has 15 heavy (non-hydrogen) atoms. The zero-order chi connectivity index (χ0) is 10.5. The lowest BCUT2D eigenvalue weighted by Crippen LogP contribution is -2.00. The van der Waals surface area contributed by atoms with E-state index in [1.165, 1.54) is 49.8 Å². The topological polar surface area (TPSA) is 12.0 Å². The summed E-state index contributed by atoms with van der Waals surface area (Å²) >= 11 is 0. The number of anilines is 1. The number of nitrogens with one attached hydrogen (secondary N) is 1. The van der Waals surface area contributed by atoms with E-state index in [9.17, 15) is 0 Å². The highest BCUT2D eigenvalue weighted by atomic mass is 14.9. The van der Waals surface area contributed by atoms with Crippen LogP contribution in [0.4, 0.5) is 5.69 Å². The van der Waals surface area contributed by atoms with E-state index in [0.29, 0.717) is 0 Å². The molecule has 1 aromatic rings. The lowest BCUT2D eigenvalue weighted by molar-refractivity contribution is 0.717. The monoisotopic (exact) mass is 203 g/mol. The summed E-state index contributed by atoms with van der Waals surface area (Å²) in [5.74, 6) is 0. The van der Waals surface area contributed by atoms with Crippen molar-refractivity contribution in [3.05, 3.63) is 29.8 Å². The van der Waals surface area contributed by atoms with Gasteiger partial charge in [0.2, 0.25) is 0 Å². The van der Waals surface area contributed by atoms with Gasteiger partial charge in [0.15, 0.2) is 0 Å². The molecule has 0 amide bonds. The first kappa shape index (κ1) is 10.5. The Balaban J connectivity index is 1.80. The first-order valence-electron chi connectivity index (χ1n) is 6.24. The Labute approximate surface area is 92.9 Å². The molecule has 2 rings (SSSR count). The zero-order valence-corrected chi connectivity index (χ0v) is 9.63. The lowest BCUT2D eigenvalue weighted by atomic mass is 10.1. The van der Waals surface area contributed by atoms with Gasteiger partial charge in [0.05, 0.1) is 0 Å². The van der Waals surface area contributed by atoms with Crippen LogP contribution in [0.5, 0.6) is 0 Å². The van der Waals surface area contributed by atoms with Crippen LogP contribution >= 0.6 is 0 Å². The number of unbranched alkanes of at least 4 members (excludes halogenated alkanes) is 2. The summed E-state index contributed by atoms with van der Waals surface area (Å²) in [6.07, 6.45) is 7.91. The van der Waals surface area contributed by atoms with Crippen LogP contribution in [0, 0.1) is 0 Å². The van der Waals surface area contributed by atoms with Gasteiger partial charge >= 0.3 is 0 Å². The highest BCUT2D eigenvalue weighted by Gasteiger charge is 2.20. The summed E-state index contributed by atoms with van der Waals surface area (Å²) in [6.45, 7) is 2.25. The molecule has 0 spiro atoms. The van der Waals surface area contributed by atoms with Crippen molar-refractivity contribution in [1.82, 2.24) is 0 Å². The van der Waals surface area contributed by atoms with Crippen LogP contribution in [0.3, 0.4) is 0 Å². The minimum absolute atomic E-state index is 0.760. The summed E-state index contributed by atoms with van der Waals surface area (Å²) in [7, 11) is 0. The SMILES string of the molecule is CCCCCc1ccc(NC2CC2)cc1. The van der Waals surface area contributed by atoms with Gasteiger partial charge in [-0.2, -0.15) is 0 Å². The molecule has 1 heteroatoms. The van der Waals surface area contributed by atoms with Gasteiger partial charge in [-0.3, -0.25) is 0 Å². The number of hydrogen-bond acceptors (Lipinski definition) is 1. The summed E-state index contributed by atoms with van der Waals surface area (Å²) in [5, 5.41) is 3.51. The molecule has 0 unspecified atom stereocenters. The summed E-state index contributed by atoms with van der Waals surface area (Å²) in [6, 6.07) is 9.73. The van der Waals surface area contributed by atoms with E-state index >= 15 is 0 Å². The standard InChI is InChI=1S/C14H21N/c1-2-3-4-5-12-6-8-13(9-7-12)15-14-10-11-14/h6-9,14-15H,2-5,10-11H2,1H3. The van der Waals surface area contributed by atoms with Crippen molar-refractivity contribution in [2.75, 3.05) is 5.32 Å². The Hall–Kier alpha value is -0.980. The van der Waals surface area contributed by atoms with E-state index in [-0.39, 0.29) is 0 Å². The van der Waals surface area contributed by atoms with Crippen LogP contribution in [0.25, 0.3) is 0 Å². The third kappa shape index (κ3) is 3.58. The number of benzene rings is 1. The van der Waals surface area contributed by atoms with Crippen molar-refractivity contribution >= 4 is 5.69 Å². The van der Waals surface area contributed by atoms with E-state index < -0.39 is 0 Å². The van der Waals surface area contributed by atoms with Gasteiger partial charge in [-0.15, -0.1) is 0 Å². The van der Waals surface area contributed by atoms with Gasteiger partial charge in [-0.1, -0.05) is 31.9 Å². The third-order valence-electron chi connectivity index (χ3n) is 2.97. The smallest absolute Gasteiger partial charge is 0.0342 e. The van der Waals surface area contributed by atoms with Crippen LogP contribution in [-0.2, 0) is 6.42 Å². The lowest BCUT2D eigenvalue weighted by Gasteiger charge is -2.05. The van der Waals surface area contributed by atoms with E-state index in [1.807, 2.05) is 0 Å². The molecule has 0 atom stereocenters. The Bertz CT molecular complexity index is 285. The van der Waals surface area contributed by atoms with Gasteiger partial charge in [-0.25, -0.2) is 0 Å². The Morgan fingerprint density at radius 2 is 1.87 bits per heavy atom. The minimum atomic E-state index is 0.760. The fourth-order valence-corrected chi connectivity index (χ4v) is 1.81. The van der Waals surface area contributed by atoms with E-state index in [0.717, 1.165) is 6.04 Å². The molecule has 0 bridgehead atoms. The molecule has 1 aliphatic carbocycles. The number of hydrogen-bond donors (Lipinski definition) is 1. The van der Waals surface area contributed by atoms with Gasteiger partial charge < -0.3 is 5.32 Å². The molecule has 0 aromatic heterocycles. The quantitative estimate of drug-likeness (QED) is 0.689. The second kappa shape index (κ2) is 5.20. The van der Waals surface area contributed by atoms with Crippen LogP contribution in [0.1, 0.15) is 44.6 Å². The average molecular weight is 203 g/mol. The number of rotatable bonds is 6.